The Balaban J connectivity index is -0.0000000933. The standard InChI is InChI=1S/C3H3NS.3C2H6/c1-2-5-3-4-1;3*1-2/h1-3H;3*1-2H3. The molecule has 1 rings (SSSR count). The number of aromatic nitrogens is 1. The fraction of sp³-hybridized carbons (Fsp3) is 0.667. The highest BCUT2D eigenvalue weighted by atomic mass is 32.1. The maximum Gasteiger partial charge on any atom is 0.0791 e. The van der Waals surface area contributed by atoms with Crippen LogP contribution in [0.15, 0.2) is 17.1 Å². The summed E-state index contributed by atoms with van der Waals surface area (Å²) in [6.45, 7) is 12.0. The number of thiazole rings is 1. The van der Waals surface area contributed by atoms with E-state index in [1.165, 1.54) is 0 Å². The van der Waals surface area contributed by atoms with Crippen LogP contribution in [0, 0.1) is 0 Å². The predicted octanol–water partition coefficient (Wildman–Crippen LogP) is 4.22. The summed E-state index contributed by atoms with van der Waals surface area (Å²) in [4.78, 5) is 3.74. The first-order chi connectivity index (χ1) is 5.50. The van der Waals surface area contributed by atoms with Crippen LogP contribution in [0.25, 0.3) is 0 Å². The lowest BCUT2D eigenvalue weighted by Gasteiger charge is -1.41. The second-order valence-electron chi connectivity index (χ2n) is 0.676. The second-order valence-corrected chi connectivity index (χ2v) is 1.43. The minimum atomic E-state index is 1.60. The Bertz CT molecular complexity index is 66.0. The molecule has 0 aliphatic heterocycles. The zero-order valence-electron chi connectivity index (χ0n) is 8.59. The smallest absolute Gasteiger partial charge is 0.0791 e. The highest BCUT2D eigenvalue weighted by molar-refractivity contribution is 7.07. The third-order valence-electron chi connectivity index (χ3n) is 0.347. The molecule has 2 heteroatoms. The van der Waals surface area contributed by atoms with Crippen molar-refractivity contribution in [1.29, 1.82) is 0 Å². The average Bonchev–Trinajstić information content (AvgIpc) is 2.71. The van der Waals surface area contributed by atoms with Crippen molar-refractivity contribution in [2.75, 3.05) is 0 Å². The van der Waals surface area contributed by atoms with Gasteiger partial charge in [-0.3, -0.25) is 4.98 Å². The van der Waals surface area contributed by atoms with Crippen LogP contribution in [-0.2, 0) is 0 Å². The Labute approximate surface area is 75.5 Å². The van der Waals surface area contributed by atoms with Gasteiger partial charge in [-0.2, -0.15) is 0 Å². The Hall–Kier alpha value is -0.370. The molecular weight excluding hydrogens is 154 g/mol. The van der Waals surface area contributed by atoms with Gasteiger partial charge in [0.05, 0.1) is 5.51 Å². The van der Waals surface area contributed by atoms with Crippen LogP contribution in [0.5, 0.6) is 0 Å². The van der Waals surface area contributed by atoms with Crippen LogP contribution in [0.1, 0.15) is 41.5 Å². The normalized spacial score (nSPS) is 5.27. The van der Waals surface area contributed by atoms with Crippen LogP contribution in [-0.4, -0.2) is 4.98 Å². The Morgan fingerprint density at radius 1 is 0.909 bits per heavy atom. The average molecular weight is 175 g/mol. The molecule has 0 bridgehead atoms. The van der Waals surface area contributed by atoms with Gasteiger partial charge in [0.25, 0.3) is 0 Å². The van der Waals surface area contributed by atoms with Crippen molar-refractivity contribution in [3.8, 4) is 0 Å². The maximum atomic E-state index is 3.74. The molecule has 0 radical (unpaired) electrons. The van der Waals surface area contributed by atoms with Gasteiger partial charge in [0.2, 0.25) is 0 Å². The minimum Gasteiger partial charge on any atom is -0.253 e. The molecule has 68 valence electrons. The second kappa shape index (κ2) is 33.5. The predicted molar refractivity (Wildman–Crippen MR) is 56.2 cm³/mol. The van der Waals surface area contributed by atoms with Crippen molar-refractivity contribution >= 4 is 11.3 Å². The van der Waals surface area contributed by atoms with Crippen molar-refractivity contribution in [3.63, 3.8) is 0 Å². The number of rotatable bonds is 0. The summed E-state index contributed by atoms with van der Waals surface area (Å²) in [6.07, 6.45) is 1.77. The van der Waals surface area contributed by atoms with Crippen LogP contribution in [0.2, 0.25) is 0 Å². The first-order valence-corrected chi connectivity index (χ1v) is 5.26. The van der Waals surface area contributed by atoms with E-state index in [9.17, 15) is 0 Å². The molecule has 1 heterocycles. The topological polar surface area (TPSA) is 12.9 Å². The van der Waals surface area contributed by atoms with Crippen molar-refractivity contribution in [1.82, 2.24) is 4.98 Å². The van der Waals surface area contributed by atoms with E-state index >= 15 is 0 Å². The molecule has 0 unspecified atom stereocenters. The maximum absolute atomic E-state index is 3.74. The van der Waals surface area contributed by atoms with Gasteiger partial charge in [-0.25, -0.2) is 0 Å². The Morgan fingerprint density at radius 3 is 1.45 bits per heavy atom. The van der Waals surface area contributed by atoms with Gasteiger partial charge in [-0.05, 0) is 0 Å². The molecule has 1 aromatic rings. The fourth-order valence-electron chi connectivity index (χ4n) is 0.176. The largest absolute Gasteiger partial charge is 0.253 e. The molecular formula is C9H21NS. The molecule has 0 amide bonds. The lowest BCUT2D eigenvalue weighted by Crippen LogP contribution is -1.38. The number of hydrogen-bond acceptors (Lipinski definition) is 2. The summed E-state index contributed by atoms with van der Waals surface area (Å²) in [5.41, 5.74) is 1.79. The third-order valence-corrected chi connectivity index (χ3v) is 0.869. The highest BCUT2D eigenvalue weighted by Gasteiger charge is 1.59. The molecule has 0 spiro atoms. The zero-order valence-corrected chi connectivity index (χ0v) is 9.40. The number of nitrogens with zero attached hydrogens (tertiary/aromatic N) is 1. The molecule has 0 aromatic carbocycles. The van der Waals surface area contributed by atoms with Gasteiger partial charge < -0.3 is 0 Å². The van der Waals surface area contributed by atoms with Crippen molar-refractivity contribution in [2.45, 2.75) is 41.5 Å². The molecule has 0 aliphatic carbocycles. The zero-order chi connectivity index (χ0) is 9.54. The Kier molecular flexibility index (Phi) is 51.5. The van der Waals surface area contributed by atoms with Crippen LogP contribution in [0.4, 0.5) is 0 Å². The van der Waals surface area contributed by atoms with E-state index in [1.807, 2.05) is 46.9 Å². The van der Waals surface area contributed by atoms with E-state index in [2.05, 4.69) is 4.98 Å². The molecule has 1 nitrogen and oxygen atoms in total. The lowest BCUT2D eigenvalue weighted by molar-refractivity contribution is 1.43. The molecule has 0 saturated carbocycles. The van der Waals surface area contributed by atoms with E-state index in [1.54, 1.807) is 23.0 Å². The van der Waals surface area contributed by atoms with Gasteiger partial charge >= 0.3 is 0 Å². The fourth-order valence-corrected chi connectivity index (χ4v) is 0.527. The molecule has 0 saturated heterocycles. The lowest BCUT2D eigenvalue weighted by atomic mass is 11.0. The summed E-state index contributed by atoms with van der Waals surface area (Å²) in [6, 6.07) is 0. The van der Waals surface area contributed by atoms with Crippen LogP contribution < -0.4 is 0 Å². The molecule has 0 fully saturated rings. The van der Waals surface area contributed by atoms with Crippen molar-refractivity contribution in [2.24, 2.45) is 0 Å². The minimum absolute atomic E-state index is 1.60. The highest BCUT2D eigenvalue weighted by Crippen LogP contribution is 1.85. The van der Waals surface area contributed by atoms with Gasteiger partial charge in [-0.1, -0.05) is 41.5 Å². The van der Waals surface area contributed by atoms with Gasteiger partial charge in [0, 0.05) is 11.6 Å². The van der Waals surface area contributed by atoms with Gasteiger partial charge in [0.1, 0.15) is 0 Å². The summed E-state index contributed by atoms with van der Waals surface area (Å²) in [5.74, 6) is 0. The van der Waals surface area contributed by atoms with Gasteiger partial charge in [0.15, 0.2) is 0 Å². The van der Waals surface area contributed by atoms with E-state index in [0.29, 0.717) is 0 Å². The molecule has 11 heavy (non-hydrogen) atoms. The monoisotopic (exact) mass is 175 g/mol. The SMILES string of the molecule is CC.CC.CC.c1cscn1. The van der Waals surface area contributed by atoms with E-state index in [4.69, 9.17) is 0 Å². The first kappa shape index (κ1) is 16.9. The van der Waals surface area contributed by atoms with Crippen LogP contribution >= 0.6 is 11.3 Å². The summed E-state index contributed by atoms with van der Waals surface area (Å²) in [5, 5.41) is 1.93. The van der Waals surface area contributed by atoms with Crippen LogP contribution in [0.3, 0.4) is 0 Å². The summed E-state index contributed by atoms with van der Waals surface area (Å²) < 4.78 is 0. The molecule has 0 atom stereocenters. The molecule has 1 aromatic heterocycles. The van der Waals surface area contributed by atoms with Gasteiger partial charge in [-0.15, -0.1) is 11.3 Å². The quantitative estimate of drug-likeness (QED) is 0.575. The van der Waals surface area contributed by atoms with E-state index in [0.717, 1.165) is 0 Å². The van der Waals surface area contributed by atoms with E-state index in [-0.39, 0.29) is 0 Å². The number of hydrogen-bond donors (Lipinski definition) is 0. The summed E-state index contributed by atoms with van der Waals surface area (Å²) in [7, 11) is 0. The third kappa shape index (κ3) is 26.2. The Morgan fingerprint density at radius 2 is 1.36 bits per heavy atom. The first-order valence-electron chi connectivity index (χ1n) is 4.32. The molecule has 0 aliphatic rings. The summed E-state index contributed by atoms with van der Waals surface area (Å²) >= 11 is 1.60. The van der Waals surface area contributed by atoms with Crippen molar-refractivity contribution in [3.05, 3.63) is 17.1 Å². The van der Waals surface area contributed by atoms with E-state index < -0.39 is 0 Å². The van der Waals surface area contributed by atoms with Crippen molar-refractivity contribution < 1.29 is 0 Å². The molecule has 0 N–H and O–H groups in total.